The predicted octanol–water partition coefficient (Wildman–Crippen LogP) is 7.40. The number of rotatable bonds is 12. The molecule has 0 aliphatic heterocycles. The van der Waals surface area contributed by atoms with Gasteiger partial charge in [-0.25, -0.2) is 9.78 Å². The maximum Gasteiger partial charge on any atom is 0.407 e. The summed E-state index contributed by atoms with van der Waals surface area (Å²) in [5, 5.41) is 7.53. The number of fused-ring (bicyclic) bond motifs is 3. The van der Waals surface area contributed by atoms with Gasteiger partial charge in [0.15, 0.2) is 0 Å². The molecule has 10 heteroatoms. The summed E-state index contributed by atoms with van der Waals surface area (Å²) in [5.41, 5.74) is 4.89. The third-order valence-corrected chi connectivity index (χ3v) is 11.6. The maximum absolute atomic E-state index is 14.6. The Bertz CT molecular complexity index is 1590. The Balaban J connectivity index is 1.20. The van der Waals surface area contributed by atoms with E-state index in [0.29, 0.717) is 31.8 Å². The molecule has 1 N–H and O–H groups in total. The zero-order valence-electron chi connectivity index (χ0n) is 29.9. The van der Waals surface area contributed by atoms with Gasteiger partial charge in [-0.05, 0) is 131 Å². The molecule has 4 aliphatic rings. The molecule has 0 spiro atoms. The van der Waals surface area contributed by atoms with Crippen molar-refractivity contribution >= 4 is 17.8 Å². The topological polar surface area (TPSA) is 108 Å². The van der Waals surface area contributed by atoms with Gasteiger partial charge in [0.2, 0.25) is 5.91 Å². The van der Waals surface area contributed by atoms with Gasteiger partial charge in [-0.3, -0.25) is 14.4 Å². The number of aryl methyl sites for hydroxylation is 1. The van der Waals surface area contributed by atoms with Gasteiger partial charge >= 0.3 is 6.09 Å². The summed E-state index contributed by atoms with van der Waals surface area (Å²) in [6, 6.07) is 11.0. The van der Waals surface area contributed by atoms with Crippen molar-refractivity contribution in [2.75, 3.05) is 38.9 Å². The zero-order chi connectivity index (χ0) is 34.6. The summed E-state index contributed by atoms with van der Waals surface area (Å²) in [5.74, 6) is 1.67. The molecule has 4 aliphatic carbocycles. The van der Waals surface area contributed by atoms with Crippen LogP contribution in [0.4, 0.5) is 10.6 Å². The SMILES string of the molecule is COCCOC(=O)NC1CCC(C(=O)N(CC23CCC(c4ccc(OC)c(C)c4)(CC2)CC3)c2cc(-c3cnn(C(C)C)c3)ccn2)CC1. The largest absolute Gasteiger partial charge is 0.496 e. The molecule has 10 nitrogen and oxygen atoms in total. The lowest BCUT2D eigenvalue weighted by Crippen LogP contribution is -2.52. The highest BCUT2D eigenvalue weighted by Gasteiger charge is 2.51. The van der Waals surface area contributed by atoms with E-state index < -0.39 is 6.09 Å². The number of carbonyl (C=O) groups excluding carboxylic acids is 2. The number of nitrogens with one attached hydrogen (secondary N) is 1. The quantitative estimate of drug-likeness (QED) is 0.200. The number of hydrogen-bond donors (Lipinski definition) is 1. The number of amides is 2. The molecule has 4 fully saturated rings. The molecule has 2 heterocycles. The minimum Gasteiger partial charge on any atom is -0.496 e. The number of nitrogens with zero attached hydrogens (tertiary/aromatic N) is 4. The van der Waals surface area contributed by atoms with Crippen molar-refractivity contribution in [3.63, 3.8) is 0 Å². The van der Waals surface area contributed by atoms with Crippen molar-refractivity contribution in [2.24, 2.45) is 11.3 Å². The molecule has 3 aromatic rings. The second-order valence-electron chi connectivity index (χ2n) is 14.9. The van der Waals surface area contributed by atoms with Crippen LogP contribution in [0.1, 0.15) is 95.2 Å². The minimum atomic E-state index is -0.426. The molecule has 49 heavy (non-hydrogen) atoms. The number of alkyl carbamates (subject to hydrolysis) is 1. The lowest BCUT2D eigenvalue weighted by molar-refractivity contribution is -0.124. The van der Waals surface area contributed by atoms with Crippen LogP contribution >= 0.6 is 0 Å². The van der Waals surface area contributed by atoms with Crippen LogP contribution in [0.15, 0.2) is 48.9 Å². The Morgan fingerprint density at radius 1 is 0.980 bits per heavy atom. The van der Waals surface area contributed by atoms with Crippen molar-refractivity contribution in [1.29, 1.82) is 0 Å². The summed E-state index contributed by atoms with van der Waals surface area (Å²) in [6.07, 6.45) is 14.9. The highest BCUT2D eigenvalue weighted by Crippen LogP contribution is 2.58. The Labute approximate surface area is 290 Å². The first-order chi connectivity index (χ1) is 23.6. The van der Waals surface area contributed by atoms with E-state index in [9.17, 15) is 9.59 Å². The Kier molecular flexibility index (Phi) is 10.6. The normalized spacial score (nSPS) is 24.9. The number of methoxy groups -OCH3 is 2. The van der Waals surface area contributed by atoms with E-state index in [-0.39, 0.29) is 41.3 Å². The molecule has 264 valence electrons. The molecule has 2 aromatic heterocycles. The van der Waals surface area contributed by atoms with E-state index in [1.54, 1.807) is 14.2 Å². The number of benzene rings is 1. The van der Waals surface area contributed by atoms with E-state index in [4.69, 9.17) is 19.2 Å². The fourth-order valence-corrected chi connectivity index (χ4v) is 8.40. The molecule has 0 atom stereocenters. The average Bonchev–Trinajstić information content (AvgIpc) is 3.63. The van der Waals surface area contributed by atoms with Crippen molar-refractivity contribution in [2.45, 2.75) is 102 Å². The lowest BCUT2D eigenvalue weighted by Gasteiger charge is -2.55. The summed E-state index contributed by atoms with van der Waals surface area (Å²) >= 11 is 0. The molecule has 0 radical (unpaired) electrons. The first-order valence-electron chi connectivity index (χ1n) is 18.0. The van der Waals surface area contributed by atoms with Gasteiger partial charge in [-0.1, -0.05) is 12.1 Å². The molecule has 4 saturated carbocycles. The molecule has 2 bridgehead atoms. The van der Waals surface area contributed by atoms with Crippen LogP contribution in [-0.2, 0) is 19.7 Å². The van der Waals surface area contributed by atoms with E-state index in [2.05, 4.69) is 61.6 Å². The van der Waals surface area contributed by atoms with Gasteiger partial charge in [0, 0.05) is 49.6 Å². The number of aromatic nitrogens is 3. The standard InChI is InChI=1S/C39H53N5O5/c1-27(2)44-25-31(24-41-44)30-12-19-40-35(23-30)43(36(45)29-6-9-33(10-7-29)42-37(46)49-21-20-47-4)26-38-13-16-39(17-14-38,18-15-38)32-8-11-34(48-5)28(3)22-32/h8,11-12,19,22-25,27,29,33H,6-7,9-10,13-18,20-21,26H2,1-5H3,(H,42,46). The Morgan fingerprint density at radius 2 is 1.71 bits per heavy atom. The van der Waals surface area contributed by atoms with Crippen LogP contribution < -0.4 is 15.0 Å². The van der Waals surface area contributed by atoms with Crippen LogP contribution in [0.3, 0.4) is 0 Å². The smallest absolute Gasteiger partial charge is 0.407 e. The van der Waals surface area contributed by atoms with Crippen LogP contribution in [0.5, 0.6) is 5.75 Å². The number of ether oxygens (including phenoxy) is 3. The van der Waals surface area contributed by atoms with Crippen LogP contribution in [0.2, 0.25) is 0 Å². The van der Waals surface area contributed by atoms with Gasteiger partial charge in [-0.15, -0.1) is 0 Å². The van der Waals surface area contributed by atoms with Gasteiger partial charge in [0.1, 0.15) is 18.2 Å². The molecular formula is C39H53N5O5. The molecule has 1 aromatic carbocycles. The highest BCUT2D eigenvalue weighted by atomic mass is 16.6. The number of hydrogen-bond acceptors (Lipinski definition) is 7. The van der Waals surface area contributed by atoms with Crippen LogP contribution in [0.25, 0.3) is 11.1 Å². The number of carbonyl (C=O) groups is 2. The second kappa shape index (κ2) is 14.9. The molecule has 0 unspecified atom stereocenters. The van der Waals surface area contributed by atoms with Crippen molar-refractivity contribution in [1.82, 2.24) is 20.1 Å². The summed E-state index contributed by atoms with van der Waals surface area (Å²) in [4.78, 5) is 33.7. The maximum atomic E-state index is 14.6. The van der Waals surface area contributed by atoms with Crippen molar-refractivity contribution < 1.29 is 23.8 Å². The van der Waals surface area contributed by atoms with Gasteiger partial charge in [0.25, 0.3) is 0 Å². The van der Waals surface area contributed by atoms with Crippen molar-refractivity contribution in [3.05, 3.63) is 60.0 Å². The summed E-state index contributed by atoms with van der Waals surface area (Å²) < 4.78 is 17.7. The average molecular weight is 672 g/mol. The number of anilines is 1. The molecule has 7 rings (SSSR count). The van der Waals surface area contributed by atoms with Gasteiger partial charge < -0.3 is 19.5 Å². The minimum absolute atomic E-state index is 0.00325. The third kappa shape index (κ3) is 7.64. The van der Waals surface area contributed by atoms with E-state index in [1.165, 1.54) is 11.1 Å². The predicted molar refractivity (Wildman–Crippen MR) is 190 cm³/mol. The Morgan fingerprint density at radius 3 is 2.35 bits per heavy atom. The fourth-order valence-electron chi connectivity index (χ4n) is 8.40. The molecule has 0 saturated heterocycles. The summed E-state index contributed by atoms with van der Waals surface area (Å²) in [6.45, 7) is 7.62. The van der Waals surface area contributed by atoms with E-state index >= 15 is 0 Å². The fraction of sp³-hybridized carbons (Fsp3) is 0.590. The highest BCUT2D eigenvalue weighted by molar-refractivity contribution is 5.95. The lowest BCUT2D eigenvalue weighted by atomic mass is 9.51. The van der Waals surface area contributed by atoms with Gasteiger partial charge in [-0.2, -0.15) is 5.10 Å². The second-order valence-corrected chi connectivity index (χ2v) is 14.9. The van der Waals surface area contributed by atoms with Crippen LogP contribution in [0, 0.1) is 18.3 Å². The monoisotopic (exact) mass is 671 g/mol. The van der Waals surface area contributed by atoms with Crippen molar-refractivity contribution in [3.8, 4) is 16.9 Å². The molecule has 2 amide bonds. The first kappa shape index (κ1) is 34.9. The van der Waals surface area contributed by atoms with Crippen LogP contribution in [-0.4, -0.2) is 66.8 Å². The third-order valence-electron chi connectivity index (χ3n) is 11.6. The number of pyridine rings is 1. The Hall–Kier alpha value is -3.92. The molecular weight excluding hydrogens is 618 g/mol. The zero-order valence-corrected chi connectivity index (χ0v) is 29.9. The van der Waals surface area contributed by atoms with E-state index in [0.717, 1.165) is 68.2 Å². The van der Waals surface area contributed by atoms with Gasteiger partial charge in [0.05, 0.1) is 19.9 Å². The first-order valence-corrected chi connectivity index (χ1v) is 18.0. The van der Waals surface area contributed by atoms with E-state index in [1.807, 2.05) is 28.0 Å². The summed E-state index contributed by atoms with van der Waals surface area (Å²) in [7, 11) is 3.31.